The van der Waals surface area contributed by atoms with Crippen LogP contribution in [-0.2, 0) is 26.6 Å². The van der Waals surface area contributed by atoms with Gasteiger partial charge in [0.15, 0.2) is 0 Å². The van der Waals surface area contributed by atoms with E-state index in [0.29, 0.717) is 26.1 Å². The number of amides is 1. The monoisotopic (exact) mass is 356 g/mol. The largest absolute Gasteiger partial charge is 0.383 e. The number of piperidine rings is 1. The number of aryl methyl sites for hydroxylation is 1. The van der Waals surface area contributed by atoms with E-state index in [1.54, 1.807) is 14.2 Å². The maximum Gasteiger partial charge on any atom is 0.246 e. The van der Waals surface area contributed by atoms with Gasteiger partial charge in [0, 0.05) is 46.5 Å². The molecule has 1 spiro atoms. The SMILES string of the molecule is COCCN1CCC[C@@]2(CCN(S(=O)(=O)c3cnn(C)c3)C2)C1=O. The summed E-state index contributed by atoms with van der Waals surface area (Å²) in [5.74, 6) is 0.0645. The summed E-state index contributed by atoms with van der Waals surface area (Å²) >= 11 is 0. The lowest BCUT2D eigenvalue weighted by Crippen LogP contribution is -2.51. The third-order valence-corrected chi connectivity index (χ3v) is 6.83. The van der Waals surface area contributed by atoms with Crippen LogP contribution in [0.2, 0.25) is 0 Å². The highest BCUT2D eigenvalue weighted by atomic mass is 32.2. The van der Waals surface area contributed by atoms with Crippen molar-refractivity contribution < 1.29 is 17.9 Å². The van der Waals surface area contributed by atoms with Crippen LogP contribution in [0.1, 0.15) is 19.3 Å². The maximum atomic E-state index is 12.9. The summed E-state index contributed by atoms with van der Waals surface area (Å²) in [5, 5.41) is 3.94. The predicted molar refractivity (Wildman–Crippen MR) is 86.7 cm³/mol. The molecule has 0 aliphatic carbocycles. The van der Waals surface area contributed by atoms with Gasteiger partial charge in [-0.2, -0.15) is 9.40 Å². The number of hydrogen-bond donors (Lipinski definition) is 0. The van der Waals surface area contributed by atoms with Crippen LogP contribution < -0.4 is 0 Å². The van der Waals surface area contributed by atoms with Crippen LogP contribution in [0.3, 0.4) is 0 Å². The molecule has 1 aromatic rings. The molecule has 3 heterocycles. The van der Waals surface area contributed by atoms with Crippen molar-refractivity contribution in [3.8, 4) is 0 Å². The minimum Gasteiger partial charge on any atom is -0.383 e. The van der Waals surface area contributed by atoms with Gasteiger partial charge in [-0.3, -0.25) is 9.48 Å². The number of rotatable bonds is 5. The average molecular weight is 356 g/mol. The molecule has 1 aromatic heterocycles. The standard InChI is InChI=1S/C15H24N4O4S/c1-17-11-13(10-16-17)24(21,22)19-7-5-15(12-19)4-3-6-18(14(15)20)8-9-23-2/h10-11H,3-9,12H2,1-2H3/t15-/m0/s1. The van der Waals surface area contributed by atoms with Crippen LogP contribution >= 0.6 is 0 Å². The third-order valence-electron chi connectivity index (χ3n) is 5.03. The lowest BCUT2D eigenvalue weighted by atomic mass is 9.78. The fourth-order valence-corrected chi connectivity index (χ4v) is 5.18. The zero-order valence-electron chi connectivity index (χ0n) is 14.1. The molecule has 0 aromatic carbocycles. The molecule has 0 saturated carbocycles. The first kappa shape index (κ1) is 17.4. The van der Waals surface area contributed by atoms with Crippen molar-refractivity contribution in [3.05, 3.63) is 12.4 Å². The number of likely N-dealkylation sites (tertiary alicyclic amines) is 1. The first-order valence-corrected chi connectivity index (χ1v) is 9.60. The summed E-state index contributed by atoms with van der Waals surface area (Å²) in [7, 11) is -0.300. The summed E-state index contributed by atoms with van der Waals surface area (Å²) < 4.78 is 33.5. The third kappa shape index (κ3) is 2.96. The van der Waals surface area contributed by atoms with Gasteiger partial charge in [0.2, 0.25) is 15.9 Å². The molecule has 1 atom stereocenters. The summed E-state index contributed by atoms with van der Waals surface area (Å²) in [6.45, 7) is 2.42. The number of hydrogen-bond acceptors (Lipinski definition) is 5. The first-order chi connectivity index (χ1) is 11.4. The molecule has 1 amide bonds. The van der Waals surface area contributed by atoms with Gasteiger partial charge in [0.05, 0.1) is 18.2 Å². The Balaban J connectivity index is 1.77. The zero-order chi connectivity index (χ0) is 17.4. The number of nitrogens with zero attached hydrogens (tertiary/aromatic N) is 4. The van der Waals surface area contributed by atoms with Crippen molar-refractivity contribution in [3.63, 3.8) is 0 Å². The Morgan fingerprint density at radius 1 is 1.33 bits per heavy atom. The average Bonchev–Trinajstić information content (AvgIpc) is 3.17. The molecule has 0 bridgehead atoms. The minimum atomic E-state index is -3.60. The van der Waals surface area contributed by atoms with Crippen molar-refractivity contribution in [1.82, 2.24) is 19.0 Å². The molecule has 9 heteroatoms. The van der Waals surface area contributed by atoms with Gasteiger partial charge in [-0.05, 0) is 19.3 Å². The van der Waals surface area contributed by atoms with Gasteiger partial charge < -0.3 is 9.64 Å². The summed E-state index contributed by atoms with van der Waals surface area (Å²) in [6, 6.07) is 0. The van der Waals surface area contributed by atoms with Gasteiger partial charge in [0.25, 0.3) is 0 Å². The van der Waals surface area contributed by atoms with Crippen LogP contribution in [-0.4, -0.2) is 73.2 Å². The normalized spacial score (nSPS) is 25.8. The lowest BCUT2D eigenvalue weighted by Gasteiger charge is -2.39. The van der Waals surface area contributed by atoms with E-state index in [0.717, 1.165) is 19.4 Å². The van der Waals surface area contributed by atoms with E-state index < -0.39 is 15.4 Å². The topological polar surface area (TPSA) is 84.7 Å². The van der Waals surface area contributed by atoms with Crippen LogP contribution in [0.15, 0.2) is 17.3 Å². The van der Waals surface area contributed by atoms with Crippen LogP contribution in [0.4, 0.5) is 0 Å². The quantitative estimate of drug-likeness (QED) is 0.745. The Morgan fingerprint density at radius 3 is 2.79 bits per heavy atom. The van der Waals surface area contributed by atoms with Gasteiger partial charge >= 0.3 is 0 Å². The maximum absolute atomic E-state index is 12.9. The van der Waals surface area contributed by atoms with Crippen LogP contribution in [0, 0.1) is 5.41 Å². The molecule has 3 rings (SSSR count). The highest BCUT2D eigenvalue weighted by Crippen LogP contribution is 2.41. The number of carbonyl (C=O) groups is 1. The zero-order valence-corrected chi connectivity index (χ0v) is 15.0. The molecular weight excluding hydrogens is 332 g/mol. The fourth-order valence-electron chi connectivity index (χ4n) is 3.67. The molecule has 2 fully saturated rings. The highest BCUT2D eigenvalue weighted by molar-refractivity contribution is 7.89. The van der Waals surface area contributed by atoms with Crippen molar-refractivity contribution in [2.75, 3.05) is 39.9 Å². The first-order valence-electron chi connectivity index (χ1n) is 8.16. The van der Waals surface area contributed by atoms with Crippen molar-refractivity contribution in [2.45, 2.75) is 24.2 Å². The predicted octanol–water partition coefficient (Wildman–Crippen LogP) is 0.0697. The van der Waals surface area contributed by atoms with E-state index in [2.05, 4.69) is 5.10 Å². The van der Waals surface area contributed by atoms with Gasteiger partial charge in [0.1, 0.15) is 4.90 Å². The van der Waals surface area contributed by atoms with E-state index in [9.17, 15) is 13.2 Å². The summed E-state index contributed by atoms with van der Waals surface area (Å²) in [4.78, 5) is 14.9. The Labute approximate surface area is 142 Å². The summed E-state index contributed by atoms with van der Waals surface area (Å²) in [5.41, 5.74) is -0.582. The Hall–Kier alpha value is -1.45. The second-order valence-electron chi connectivity index (χ2n) is 6.61. The van der Waals surface area contributed by atoms with Crippen molar-refractivity contribution in [2.24, 2.45) is 12.5 Å². The molecule has 8 nitrogen and oxygen atoms in total. The number of carbonyl (C=O) groups excluding carboxylic acids is 1. The molecule has 24 heavy (non-hydrogen) atoms. The van der Waals surface area contributed by atoms with E-state index in [-0.39, 0.29) is 17.3 Å². The van der Waals surface area contributed by atoms with Crippen LogP contribution in [0.25, 0.3) is 0 Å². The molecule has 2 saturated heterocycles. The second-order valence-corrected chi connectivity index (χ2v) is 8.55. The van der Waals surface area contributed by atoms with Gasteiger partial charge in [-0.15, -0.1) is 0 Å². The molecule has 134 valence electrons. The fraction of sp³-hybridized carbons (Fsp3) is 0.733. The van der Waals surface area contributed by atoms with Crippen LogP contribution in [0.5, 0.6) is 0 Å². The van der Waals surface area contributed by atoms with Gasteiger partial charge in [-0.25, -0.2) is 8.42 Å². The van der Waals surface area contributed by atoms with Crippen molar-refractivity contribution in [1.29, 1.82) is 0 Å². The molecular formula is C15H24N4O4S. The highest BCUT2D eigenvalue weighted by Gasteiger charge is 2.51. The number of methoxy groups -OCH3 is 1. The Morgan fingerprint density at radius 2 is 2.12 bits per heavy atom. The molecule has 0 unspecified atom stereocenters. The van der Waals surface area contributed by atoms with E-state index >= 15 is 0 Å². The molecule has 0 N–H and O–H groups in total. The molecule has 2 aliphatic rings. The van der Waals surface area contributed by atoms with Gasteiger partial charge in [-0.1, -0.05) is 0 Å². The second kappa shape index (κ2) is 6.45. The minimum absolute atomic E-state index is 0.0645. The number of aromatic nitrogens is 2. The number of ether oxygens (including phenoxy) is 1. The summed E-state index contributed by atoms with van der Waals surface area (Å²) in [6.07, 6.45) is 5.07. The van der Waals surface area contributed by atoms with E-state index in [1.165, 1.54) is 21.4 Å². The molecule has 2 aliphatic heterocycles. The van der Waals surface area contributed by atoms with E-state index in [1.807, 2.05) is 4.90 Å². The smallest absolute Gasteiger partial charge is 0.246 e. The van der Waals surface area contributed by atoms with Crippen molar-refractivity contribution >= 4 is 15.9 Å². The Kier molecular flexibility index (Phi) is 4.67. The molecule has 0 radical (unpaired) electrons. The lowest BCUT2D eigenvalue weighted by molar-refractivity contribution is -0.146. The Bertz CT molecular complexity index is 717. The van der Waals surface area contributed by atoms with E-state index in [4.69, 9.17) is 4.74 Å². The number of sulfonamides is 1.